The van der Waals surface area contributed by atoms with Crippen molar-refractivity contribution in [2.45, 2.75) is 42.5 Å². The summed E-state index contributed by atoms with van der Waals surface area (Å²) >= 11 is 0. The predicted octanol–water partition coefficient (Wildman–Crippen LogP) is 6.71. The Morgan fingerprint density at radius 3 is 0.860 bits per heavy atom. The van der Waals surface area contributed by atoms with Gasteiger partial charge < -0.3 is 39.4 Å². The monoisotopic (exact) mass is 728 g/mol. The molecule has 0 heterocycles. The van der Waals surface area contributed by atoms with E-state index in [1.54, 1.807) is 28.4 Å². The Kier molecular flexibility index (Phi) is 26.4. The van der Waals surface area contributed by atoms with Crippen LogP contribution in [0.2, 0.25) is 0 Å². The lowest BCUT2D eigenvalue weighted by Gasteiger charge is -2.44. The van der Waals surface area contributed by atoms with Crippen molar-refractivity contribution in [3.63, 3.8) is 0 Å². The molecule has 0 radical (unpaired) electrons. The van der Waals surface area contributed by atoms with Gasteiger partial charge in [-0.25, -0.2) is 17.6 Å². The summed E-state index contributed by atoms with van der Waals surface area (Å²) in [4.78, 5) is 0. The summed E-state index contributed by atoms with van der Waals surface area (Å²) in [5.74, 6) is 1.79. The molecule has 4 N–H and O–H groups in total. The number of methoxy groups -OCH3 is 4. The number of halogens is 4. The maximum absolute atomic E-state index is 12.4. The zero-order valence-corrected chi connectivity index (χ0v) is 29.8. The molecule has 50 heavy (non-hydrogen) atoms. The summed E-state index contributed by atoms with van der Waals surface area (Å²) in [5.41, 5.74) is 2.99. The summed E-state index contributed by atoms with van der Waals surface area (Å²) < 4.78 is 69.2. The minimum atomic E-state index is -0.153. The van der Waals surface area contributed by atoms with Crippen LogP contribution in [0.15, 0.2) is 47.6 Å². The number of rotatable bonds is 12. The van der Waals surface area contributed by atoms with E-state index >= 15 is 0 Å². The topological polar surface area (TPSA) is 118 Å². The van der Waals surface area contributed by atoms with E-state index < -0.39 is 0 Å². The fourth-order valence-electron chi connectivity index (χ4n) is 7.73. The van der Waals surface area contributed by atoms with Crippen LogP contribution in [0.1, 0.15) is 42.5 Å². The molecule has 0 amide bonds. The standard InChI is InChI=1S/2C10H17FO2.2C8H13FO2.2CH4/c2*1-7-8(4-11)10(6-13-3)9(7)5-12-2;2*1-5-6(2-9)8(4-11)7(5)3-10;;/h2*4,7,9-10H,5-6H2,1-3H3;2*2,5,7-8,10-11H,3-4H2,1H3;2*1H4/b2*8-4-;2*6-2-;;/t2*7-,9+,10+;2*5-,7+,8+;;/m0000../s1. The quantitative estimate of drug-likeness (QED) is 0.164. The molecule has 0 saturated heterocycles. The molecule has 0 spiro atoms. The van der Waals surface area contributed by atoms with E-state index in [1.165, 1.54) is 0 Å². The van der Waals surface area contributed by atoms with Crippen molar-refractivity contribution in [1.82, 2.24) is 0 Å². The number of aliphatic hydroxyl groups is 4. The zero-order valence-electron chi connectivity index (χ0n) is 29.8. The lowest BCUT2D eigenvalue weighted by molar-refractivity contribution is 0.0184. The number of hydrogen-bond donors (Lipinski definition) is 4. The molecule has 12 heteroatoms. The van der Waals surface area contributed by atoms with E-state index in [-0.39, 0.29) is 88.6 Å². The lowest BCUT2D eigenvalue weighted by Crippen LogP contribution is -2.43. The van der Waals surface area contributed by atoms with Crippen LogP contribution >= 0.6 is 0 Å². The molecule has 12 atom stereocenters. The van der Waals surface area contributed by atoms with Gasteiger partial charge in [-0.05, 0) is 69.6 Å². The van der Waals surface area contributed by atoms with E-state index in [0.29, 0.717) is 73.9 Å². The van der Waals surface area contributed by atoms with Gasteiger partial charge in [0.25, 0.3) is 0 Å². The highest BCUT2D eigenvalue weighted by atomic mass is 19.1. The van der Waals surface area contributed by atoms with Crippen LogP contribution in [0.4, 0.5) is 17.6 Å². The Morgan fingerprint density at radius 2 is 0.660 bits per heavy atom. The van der Waals surface area contributed by atoms with Gasteiger partial charge in [0.05, 0.1) is 65.0 Å². The van der Waals surface area contributed by atoms with Crippen molar-refractivity contribution >= 4 is 0 Å². The first-order chi connectivity index (χ1) is 23.0. The molecule has 0 unspecified atom stereocenters. The van der Waals surface area contributed by atoms with Gasteiger partial charge in [0.15, 0.2) is 0 Å². The Labute approximate surface area is 299 Å². The molecule has 0 aromatic rings. The molecule has 0 aromatic carbocycles. The Bertz CT molecular complexity index is 958. The molecular formula is C38H68F4O8. The van der Waals surface area contributed by atoms with Crippen molar-refractivity contribution in [1.29, 1.82) is 0 Å². The van der Waals surface area contributed by atoms with Gasteiger partial charge in [0, 0.05) is 65.3 Å². The Morgan fingerprint density at radius 1 is 0.420 bits per heavy atom. The first-order valence-electron chi connectivity index (χ1n) is 16.6. The second-order valence-electron chi connectivity index (χ2n) is 13.2. The van der Waals surface area contributed by atoms with Crippen LogP contribution in [0.5, 0.6) is 0 Å². The molecule has 4 saturated carbocycles. The van der Waals surface area contributed by atoms with Crippen LogP contribution in [0.3, 0.4) is 0 Å². The van der Waals surface area contributed by atoms with Gasteiger partial charge in [0.1, 0.15) is 0 Å². The van der Waals surface area contributed by atoms with Crippen molar-refractivity contribution in [3.8, 4) is 0 Å². The van der Waals surface area contributed by atoms with Crippen LogP contribution < -0.4 is 0 Å². The average Bonchev–Trinajstić information content (AvgIpc) is 3.08. The summed E-state index contributed by atoms with van der Waals surface area (Å²) in [7, 11) is 6.63. The van der Waals surface area contributed by atoms with Gasteiger partial charge in [-0.3, -0.25) is 0 Å². The largest absolute Gasteiger partial charge is 0.396 e. The molecule has 4 rings (SSSR count). The molecule has 0 aromatic heterocycles. The smallest absolute Gasteiger partial charge is 0.0865 e. The van der Waals surface area contributed by atoms with Gasteiger partial charge in [-0.2, -0.15) is 0 Å². The minimum absolute atomic E-state index is 0. The zero-order chi connectivity index (χ0) is 36.6. The van der Waals surface area contributed by atoms with E-state index in [4.69, 9.17) is 39.4 Å². The molecule has 296 valence electrons. The highest BCUT2D eigenvalue weighted by Gasteiger charge is 2.45. The maximum atomic E-state index is 12.4. The average molecular weight is 729 g/mol. The third-order valence-corrected chi connectivity index (χ3v) is 11.2. The highest BCUT2D eigenvalue weighted by Crippen LogP contribution is 2.47. The highest BCUT2D eigenvalue weighted by molar-refractivity contribution is 5.23. The van der Waals surface area contributed by atoms with Crippen molar-refractivity contribution in [2.75, 3.05) is 81.3 Å². The summed E-state index contributed by atoms with van der Waals surface area (Å²) in [5, 5.41) is 35.2. The molecular weight excluding hydrogens is 660 g/mol. The number of hydrogen-bond acceptors (Lipinski definition) is 8. The van der Waals surface area contributed by atoms with Gasteiger partial charge in [-0.15, -0.1) is 0 Å². The predicted molar refractivity (Wildman–Crippen MR) is 191 cm³/mol. The second-order valence-corrected chi connectivity index (χ2v) is 13.2. The van der Waals surface area contributed by atoms with Gasteiger partial charge >= 0.3 is 0 Å². The first kappa shape index (κ1) is 50.5. The summed E-state index contributed by atoms with van der Waals surface area (Å²) in [6, 6.07) is 0. The fourth-order valence-corrected chi connectivity index (χ4v) is 7.73. The van der Waals surface area contributed by atoms with Crippen LogP contribution in [0, 0.1) is 71.0 Å². The molecule has 0 aliphatic heterocycles. The minimum Gasteiger partial charge on any atom is -0.396 e. The SMILES string of the molecule is C.C.COC[C@H]1[C@H](COC)/C(=C\F)[C@@H]1C.COC[C@H]1[C@H](COC)/C(=C\F)[C@@H]1C.C[C@H]1/C(=C/F)[C@@H](CO)[C@@H]1CO.C[C@H]1/C(=C/F)[C@@H](CO)[C@@H]1CO. The van der Waals surface area contributed by atoms with E-state index in [1.807, 2.05) is 27.7 Å². The lowest BCUT2D eigenvalue weighted by atomic mass is 9.62. The molecule has 0 bridgehead atoms. The summed E-state index contributed by atoms with van der Waals surface area (Å²) in [6.07, 6.45) is 2.55. The van der Waals surface area contributed by atoms with E-state index in [2.05, 4.69) is 0 Å². The van der Waals surface area contributed by atoms with E-state index in [9.17, 15) is 17.6 Å². The maximum Gasteiger partial charge on any atom is 0.0865 e. The van der Waals surface area contributed by atoms with Crippen molar-refractivity contribution in [3.05, 3.63) is 47.6 Å². The van der Waals surface area contributed by atoms with Crippen molar-refractivity contribution < 1.29 is 56.9 Å². The van der Waals surface area contributed by atoms with Crippen LogP contribution in [-0.4, -0.2) is 102 Å². The van der Waals surface area contributed by atoms with Crippen molar-refractivity contribution in [2.24, 2.45) is 71.0 Å². The third kappa shape index (κ3) is 11.7. The molecule has 4 fully saturated rings. The van der Waals surface area contributed by atoms with Gasteiger partial charge in [-0.1, -0.05) is 42.5 Å². The Hall–Kier alpha value is -1.64. The van der Waals surface area contributed by atoms with Crippen LogP contribution in [0.25, 0.3) is 0 Å². The fraction of sp³-hybridized carbons (Fsp3) is 0.789. The first-order valence-corrected chi connectivity index (χ1v) is 16.6. The molecule has 4 aliphatic rings. The summed E-state index contributed by atoms with van der Waals surface area (Å²) in [6.45, 7) is 10.3. The van der Waals surface area contributed by atoms with E-state index in [0.717, 1.165) is 23.8 Å². The molecule has 4 aliphatic carbocycles. The van der Waals surface area contributed by atoms with Crippen LogP contribution in [-0.2, 0) is 18.9 Å². The third-order valence-electron chi connectivity index (χ3n) is 11.2. The normalized spacial score (nSPS) is 36.8. The second kappa shape index (κ2) is 26.2. The Balaban J connectivity index is 0. The van der Waals surface area contributed by atoms with Gasteiger partial charge in [0.2, 0.25) is 0 Å². The number of ether oxygens (including phenoxy) is 4. The molecule has 8 nitrogen and oxygen atoms in total. The number of aliphatic hydroxyl groups excluding tert-OH is 4.